The Morgan fingerprint density at radius 3 is 3.00 bits per heavy atom. The number of hydrogen-bond donors (Lipinski definition) is 1. The van der Waals surface area contributed by atoms with Crippen LogP contribution in [0, 0.1) is 0 Å². The fourth-order valence-electron chi connectivity index (χ4n) is 3.28. The van der Waals surface area contributed by atoms with Crippen molar-refractivity contribution in [1.82, 2.24) is 19.7 Å². The van der Waals surface area contributed by atoms with Gasteiger partial charge in [-0.2, -0.15) is 5.10 Å². The van der Waals surface area contributed by atoms with Gasteiger partial charge in [-0.1, -0.05) is 31.3 Å². The van der Waals surface area contributed by atoms with E-state index in [-0.39, 0.29) is 5.91 Å². The van der Waals surface area contributed by atoms with Crippen LogP contribution < -0.4 is 10.8 Å². The van der Waals surface area contributed by atoms with Crippen molar-refractivity contribution in [3.8, 4) is 0 Å². The van der Waals surface area contributed by atoms with Crippen LogP contribution in [-0.4, -0.2) is 32.9 Å². The van der Waals surface area contributed by atoms with Crippen LogP contribution in [0.1, 0.15) is 30.5 Å². The average Bonchev–Trinajstić information content (AvgIpc) is 3.13. The van der Waals surface area contributed by atoms with Gasteiger partial charge in [0, 0.05) is 18.4 Å². The Kier molecular flexibility index (Phi) is 3.56. The molecule has 0 saturated carbocycles. The van der Waals surface area contributed by atoms with E-state index in [1.54, 1.807) is 0 Å². The van der Waals surface area contributed by atoms with Crippen molar-refractivity contribution in [1.29, 1.82) is 0 Å². The highest BCUT2D eigenvalue weighted by Crippen LogP contribution is 2.37. The first-order valence-electron chi connectivity index (χ1n) is 8.33. The van der Waals surface area contributed by atoms with Crippen LogP contribution in [0.5, 0.6) is 0 Å². The number of carbonyl (C=O) groups excluding carboxylic acids is 1. The minimum absolute atomic E-state index is 0.0403. The molecule has 3 heterocycles. The van der Waals surface area contributed by atoms with Gasteiger partial charge in [-0.05, 0) is 18.1 Å². The molecule has 1 unspecified atom stereocenters. The molecule has 4 rings (SSSR count). The predicted octanol–water partition coefficient (Wildman–Crippen LogP) is 1.43. The molecular weight excluding hydrogens is 301 g/mol. The fourth-order valence-corrected chi connectivity index (χ4v) is 3.28. The lowest BCUT2D eigenvalue weighted by Crippen LogP contribution is -2.16. The number of anilines is 1. The fraction of sp³-hybridized carbons (Fsp3) is 0.294. The monoisotopic (exact) mass is 319 g/mol. The van der Waals surface area contributed by atoms with E-state index >= 15 is 0 Å². The molecule has 1 aromatic carbocycles. The number of aryl methyl sites for hydroxylation is 1. The largest absolute Gasteiger partial charge is 0.325 e. The van der Waals surface area contributed by atoms with Crippen LogP contribution in [0.2, 0.25) is 6.82 Å². The molecule has 0 fully saturated rings. The van der Waals surface area contributed by atoms with E-state index in [0.717, 1.165) is 42.6 Å². The highest BCUT2D eigenvalue weighted by atomic mass is 16.2. The molecule has 0 aliphatic carbocycles. The Morgan fingerprint density at radius 2 is 2.21 bits per heavy atom. The summed E-state index contributed by atoms with van der Waals surface area (Å²) in [5.41, 5.74) is 4.44. The van der Waals surface area contributed by atoms with E-state index in [1.165, 1.54) is 11.8 Å². The van der Waals surface area contributed by atoms with Gasteiger partial charge in [-0.15, -0.1) is 0 Å². The molecule has 2 aromatic heterocycles. The molecule has 0 radical (unpaired) electrons. The summed E-state index contributed by atoms with van der Waals surface area (Å²) in [6.07, 6.45) is 4.43. The Labute approximate surface area is 140 Å². The number of hydrogen-bond acceptors (Lipinski definition) is 4. The van der Waals surface area contributed by atoms with Gasteiger partial charge in [-0.25, -0.2) is 9.97 Å². The van der Waals surface area contributed by atoms with Crippen molar-refractivity contribution in [3.63, 3.8) is 0 Å². The van der Waals surface area contributed by atoms with Crippen molar-refractivity contribution in [2.45, 2.75) is 32.6 Å². The van der Waals surface area contributed by atoms with Crippen molar-refractivity contribution in [3.05, 3.63) is 42.0 Å². The lowest BCUT2D eigenvalue weighted by Gasteiger charge is -2.09. The summed E-state index contributed by atoms with van der Waals surface area (Å²) in [6.45, 7) is 5.04. The van der Waals surface area contributed by atoms with Gasteiger partial charge in [0.15, 0.2) is 12.9 Å². The number of nitrogens with zero attached hydrogens (tertiary/aromatic N) is 4. The van der Waals surface area contributed by atoms with Crippen molar-refractivity contribution < 1.29 is 4.79 Å². The van der Waals surface area contributed by atoms with Gasteiger partial charge in [0.2, 0.25) is 5.91 Å². The summed E-state index contributed by atoms with van der Waals surface area (Å²) in [7, 11) is 0.932. The van der Waals surface area contributed by atoms with E-state index < -0.39 is 5.92 Å². The minimum Gasteiger partial charge on any atom is -0.325 e. The first-order chi connectivity index (χ1) is 11.7. The maximum Gasteiger partial charge on any atom is 0.238 e. The standard InChI is InChI=1S/C17H18BN5O/c1-3-6-23-8-12-15(19-9-20-16(12)22-23)14-11-7-10(18-2)4-5-13(11)21-17(14)24/h4-5,7-9,14,18H,3,6H2,1-2H3,(H,21,24). The molecule has 3 aromatic rings. The number of carbonyl (C=O) groups is 1. The summed E-state index contributed by atoms with van der Waals surface area (Å²) < 4.78 is 1.87. The second-order valence-corrected chi connectivity index (χ2v) is 6.09. The molecule has 1 aliphatic rings. The zero-order valence-electron chi connectivity index (χ0n) is 13.8. The lowest BCUT2D eigenvalue weighted by molar-refractivity contribution is -0.116. The Hall–Kier alpha value is -2.70. The van der Waals surface area contributed by atoms with Crippen molar-refractivity contribution >= 4 is 35.4 Å². The quantitative estimate of drug-likeness (QED) is 0.739. The highest BCUT2D eigenvalue weighted by molar-refractivity contribution is 6.52. The third-order valence-electron chi connectivity index (χ3n) is 4.48. The van der Waals surface area contributed by atoms with E-state index in [0.29, 0.717) is 5.65 Å². The number of rotatable bonds is 4. The zero-order chi connectivity index (χ0) is 16.7. The Morgan fingerprint density at radius 1 is 1.33 bits per heavy atom. The van der Waals surface area contributed by atoms with E-state index in [1.807, 2.05) is 16.9 Å². The molecule has 0 spiro atoms. The number of nitrogens with one attached hydrogen (secondary N) is 1. The molecule has 0 bridgehead atoms. The van der Waals surface area contributed by atoms with E-state index in [9.17, 15) is 4.79 Å². The third-order valence-corrected chi connectivity index (χ3v) is 4.48. The van der Waals surface area contributed by atoms with Crippen LogP contribution >= 0.6 is 0 Å². The second kappa shape index (κ2) is 5.74. The van der Waals surface area contributed by atoms with Crippen LogP contribution in [-0.2, 0) is 11.3 Å². The molecule has 120 valence electrons. The Bertz CT molecular complexity index is 936. The van der Waals surface area contributed by atoms with Gasteiger partial charge >= 0.3 is 0 Å². The predicted molar refractivity (Wildman–Crippen MR) is 95.2 cm³/mol. The number of benzene rings is 1. The summed E-state index contributed by atoms with van der Waals surface area (Å²) in [6, 6.07) is 6.13. The topological polar surface area (TPSA) is 72.7 Å². The first-order valence-corrected chi connectivity index (χ1v) is 8.33. The van der Waals surface area contributed by atoms with Crippen LogP contribution in [0.3, 0.4) is 0 Å². The Balaban J connectivity index is 1.87. The van der Waals surface area contributed by atoms with Crippen molar-refractivity contribution in [2.75, 3.05) is 5.32 Å². The van der Waals surface area contributed by atoms with E-state index in [2.05, 4.69) is 46.3 Å². The summed E-state index contributed by atoms with van der Waals surface area (Å²) in [5, 5.41) is 8.30. The summed E-state index contributed by atoms with van der Waals surface area (Å²) in [5.74, 6) is -0.447. The first kappa shape index (κ1) is 14.9. The molecule has 6 nitrogen and oxygen atoms in total. The molecule has 1 atom stereocenters. The van der Waals surface area contributed by atoms with Crippen LogP contribution in [0.15, 0.2) is 30.7 Å². The zero-order valence-corrected chi connectivity index (χ0v) is 13.8. The summed E-state index contributed by atoms with van der Waals surface area (Å²) >= 11 is 0. The van der Waals surface area contributed by atoms with Crippen molar-refractivity contribution in [2.24, 2.45) is 0 Å². The van der Waals surface area contributed by atoms with Gasteiger partial charge < -0.3 is 5.32 Å². The average molecular weight is 319 g/mol. The molecule has 1 N–H and O–H groups in total. The molecular formula is C17H18BN5O. The van der Waals surface area contributed by atoms with Gasteiger partial charge in [0.05, 0.1) is 11.1 Å². The highest BCUT2D eigenvalue weighted by Gasteiger charge is 2.34. The molecule has 1 aliphatic heterocycles. The third kappa shape index (κ3) is 2.28. The molecule has 7 heteroatoms. The normalized spacial score (nSPS) is 16.2. The van der Waals surface area contributed by atoms with Crippen LogP contribution in [0.4, 0.5) is 5.69 Å². The van der Waals surface area contributed by atoms with Crippen LogP contribution in [0.25, 0.3) is 11.0 Å². The molecule has 24 heavy (non-hydrogen) atoms. The number of aromatic nitrogens is 4. The molecule has 1 amide bonds. The molecule has 0 saturated heterocycles. The van der Waals surface area contributed by atoms with Gasteiger partial charge in [0.1, 0.15) is 12.2 Å². The number of fused-ring (bicyclic) bond motifs is 2. The van der Waals surface area contributed by atoms with Gasteiger partial charge in [0.25, 0.3) is 0 Å². The maximum absolute atomic E-state index is 12.6. The van der Waals surface area contributed by atoms with Gasteiger partial charge in [-0.3, -0.25) is 9.48 Å². The smallest absolute Gasteiger partial charge is 0.238 e. The van der Waals surface area contributed by atoms with E-state index in [4.69, 9.17) is 0 Å². The number of amides is 1. The maximum atomic E-state index is 12.6. The lowest BCUT2D eigenvalue weighted by atomic mass is 9.72. The minimum atomic E-state index is -0.406. The second-order valence-electron chi connectivity index (χ2n) is 6.09. The SMILES string of the molecule is CBc1ccc2c(c1)C(c1ncnc3nn(CCC)cc13)C(=O)N2. The summed E-state index contributed by atoms with van der Waals surface area (Å²) in [4.78, 5) is 21.3.